The minimum atomic E-state index is 0.241. The van der Waals surface area contributed by atoms with Gasteiger partial charge in [0.05, 0.1) is 0 Å². The Morgan fingerprint density at radius 2 is 2.46 bits per heavy atom. The summed E-state index contributed by atoms with van der Waals surface area (Å²) in [6.45, 7) is 2.14. The van der Waals surface area contributed by atoms with E-state index >= 15 is 0 Å². The molecule has 0 aromatic rings. The highest BCUT2D eigenvalue weighted by molar-refractivity contribution is 5.78. The number of nitrogens with zero attached hydrogens (tertiary/aromatic N) is 1. The Morgan fingerprint density at radius 1 is 1.62 bits per heavy atom. The second-order valence-electron chi connectivity index (χ2n) is 4.39. The van der Waals surface area contributed by atoms with Gasteiger partial charge in [-0.05, 0) is 38.8 Å². The van der Waals surface area contributed by atoms with Crippen LogP contribution in [0.15, 0.2) is 0 Å². The number of amides is 1. The molecule has 2 unspecified atom stereocenters. The maximum atomic E-state index is 11.0. The molecular formula is C10H18N2O. The molecule has 1 amide bonds. The van der Waals surface area contributed by atoms with E-state index in [1.807, 2.05) is 0 Å². The van der Waals surface area contributed by atoms with Crippen molar-refractivity contribution in [1.29, 1.82) is 0 Å². The molecule has 3 heteroatoms. The summed E-state index contributed by atoms with van der Waals surface area (Å²) in [5, 5.41) is 2.90. The highest BCUT2D eigenvalue weighted by atomic mass is 16.1. The summed E-state index contributed by atoms with van der Waals surface area (Å²) >= 11 is 0. The van der Waals surface area contributed by atoms with Crippen molar-refractivity contribution in [1.82, 2.24) is 10.2 Å². The van der Waals surface area contributed by atoms with Gasteiger partial charge >= 0.3 is 0 Å². The van der Waals surface area contributed by atoms with Crippen LogP contribution in [0.1, 0.15) is 25.7 Å². The van der Waals surface area contributed by atoms with E-state index in [2.05, 4.69) is 17.3 Å². The van der Waals surface area contributed by atoms with Crippen LogP contribution in [0.4, 0.5) is 0 Å². The number of carbonyl (C=O) groups excluding carboxylic acids is 1. The highest BCUT2D eigenvalue weighted by Crippen LogP contribution is 2.24. The fraction of sp³-hybridized carbons (Fsp3) is 0.900. The Labute approximate surface area is 79.5 Å². The quantitative estimate of drug-likeness (QED) is 0.678. The Bertz CT molecular complexity index is 205. The van der Waals surface area contributed by atoms with E-state index in [-0.39, 0.29) is 5.91 Å². The fourth-order valence-electron chi connectivity index (χ4n) is 2.49. The molecule has 2 fully saturated rings. The number of rotatable bonds is 2. The molecule has 2 heterocycles. The van der Waals surface area contributed by atoms with Crippen LogP contribution in [0, 0.1) is 5.92 Å². The van der Waals surface area contributed by atoms with Gasteiger partial charge in [0.15, 0.2) is 0 Å². The summed E-state index contributed by atoms with van der Waals surface area (Å²) in [6, 6.07) is 0.734. The van der Waals surface area contributed by atoms with E-state index in [1.165, 1.54) is 25.8 Å². The van der Waals surface area contributed by atoms with E-state index in [1.54, 1.807) is 0 Å². The first kappa shape index (κ1) is 9.00. The van der Waals surface area contributed by atoms with Gasteiger partial charge in [-0.1, -0.05) is 0 Å². The van der Waals surface area contributed by atoms with Gasteiger partial charge in [-0.15, -0.1) is 0 Å². The third-order valence-electron chi connectivity index (χ3n) is 3.34. The molecule has 3 nitrogen and oxygen atoms in total. The molecule has 0 aliphatic carbocycles. The Balaban J connectivity index is 1.80. The SMILES string of the molecule is CN1CCCC1CC1CNC(=O)C1. The van der Waals surface area contributed by atoms with Crippen LogP contribution in [0.3, 0.4) is 0 Å². The van der Waals surface area contributed by atoms with Crippen molar-refractivity contribution in [2.75, 3.05) is 20.1 Å². The van der Waals surface area contributed by atoms with Crippen molar-refractivity contribution in [2.24, 2.45) is 5.92 Å². The van der Waals surface area contributed by atoms with Crippen LogP contribution in [0.5, 0.6) is 0 Å². The summed E-state index contributed by atoms with van der Waals surface area (Å²) in [5.74, 6) is 0.837. The van der Waals surface area contributed by atoms with Crippen LogP contribution in [-0.4, -0.2) is 37.0 Å². The van der Waals surface area contributed by atoms with Crippen LogP contribution in [0.25, 0.3) is 0 Å². The summed E-state index contributed by atoms with van der Waals surface area (Å²) in [6.07, 6.45) is 4.61. The summed E-state index contributed by atoms with van der Waals surface area (Å²) < 4.78 is 0. The van der Waals surface area contributed by atoms with Gasteiger partial charge in [0.1, 0.15) is 0 Å². The second kappa shape index (κ2) is 3.66. The standard InChI is InChI=1S/C10H18N2O/c1-12-4-2-3-9(12)5-8-6-10(13)11-7-8/h8-9H,2-7H2,1H3,(H,11,13). The van der Waals surface area contributed by atoms with Crippen molar-refractivity contribution in [3.63, 3.8) is 0 Å². The van der Waals surface area contributed by atoms with Crippen molar-refractivity contribution in [3.05, 3.63) is 0 Å². The van der Waals surface area contributed by atoms with E-state index in [9.17, 15) is 4.79 Å². The molecule has 0 aromatic carbocycles. The zero-order valence-corrected chi connectivity index (χ0v) is 8.25. The largest absolute Gasteiger partial charge is 0.356 e. The number of carbonyl (C=O) groups is 1. The average molecular weight is 182 g/mol. The van der Waals surface area contributed by atoms with Gasteiger partial charge in [0.25, 0.3) is 0 Å². The monoisotopic (exact) mass is 182 g/mol. The third kappa shape index (κ3) is 2.02. The van der Waals surface area contributed by atoms with Crippen LogP contribution in [-0.2, 0) is 4.79 Å². The van der Waals surface area contributed by atoms with E-state index in [0.29, 0.717) is 5.92 Å². The highest BCUT2D eigenvalue weighted by Gasteiger charge is 2.28. The maximum absolute atomic E-state index is 11.0. The minimum absolute atomic E-state index is 0.241. The molecule has 0 bridgehead atoms. The summed E-state index contributed by atoms with van der Waals surface area (Å²) in [5.41, 5.74) is 0. The normalized spacial score (nSPS) is 35.3. The van der Waals surface area contributed by atoms with E-state index in [4.69, 9.17) is 0 Å². The first-order valence-corrected chi connectivity index (χ1v) is 5.22. The zero-order valence-electron chi connectivity index (χ0n) is 8.25. The molecule has 0 aromatic heterocycles. The Kier molecular flexibility index (Phi) is 2.54. The lowest BCUT2D eigenvalue weighted by atomic mass is 9.98. The number of likely N-dealkylation sites (tertiary alicyclic amines) is 1. The van der Waals surface area contributed by atoms with Gasteiger partial charge in [-0.3, -0.25) is 4.79 Å². The molecule has 2 rings (SSSR count). The summed E-state index contributed by atoms with van der Waals surface area (Å²) in [7, 11) is 2.20. The molecule has 0 spiro atoms. The predicted octanol–water partition coefficient (Wildman–Crippen LogP) is 0.607. The minimum Gasteiger partial charge on any atom is -0.356 e. The van der Waals surface area contributed by atoms with Crippen molar-refractivity contribution in [3.8, 4) is 0 Å². The van der Waals surface area contributed by atoms with Gasteiger partial charge in [0, 0.05) is 19.0 Å². The molecule has 0 radical (unpaired) electrons. The van der Waals surface area contributed by atoms with Crippen LogP contribution >= 0.6 is 0 Å². The molecule has 2 aliphatic rings. The second-order valence-corrected chi connectivity index (χ2v) is 4.39. The molecular weight excluding hydrogens is 164 g/mol. The fourth-order valence-corrected chi connectivity index (χ4v) is 2.49. The lowest BCUT2D eigenvalue weighted by molar-refractivity contribution is -0.119. The molecule has 1 N–H and O–H groups in total. The Hall–Kier alpha value is -0.570. The van der Waals surface area contributed by atoms with E-state index in [0.717, 1.165) is 19.0 Å². The van der Waals surface area contributed by atoms with E-state index < -0.39 is 0 Å². The molecule has 2 atom stereocenters. The first-order chi connectivity index (χ1) is 6.25. The average Bonchev–Trinajstić information content (AvgIpc) is 2.64. The van der Waals surface area contributed by atoms with Crippen LogP contribution < -0.4 is 5.32 Å². The van der Waals surface area contributed by atoms with Gasteiger partial charge in [-0.2, -0.15) is 0 Å². The maximum Gasteiger partial charge on any atom is 0.220 e. The number of nitrogens with one attached hydrogen (secondary N) is 1. The molecule has 2 saturated heterocycles. The predicted molar refractivity (Wildman–Crippen MR) is 51.4 cm³/mol. The smallest absolute Gasteiger partial charge is 0.220 e. The number of hydrogen-bond acceptors (Lipinski definition) is 2. The van der Waals surface area contributed by atoms with Crippen LogP contribution in [0.2, 0.25) is 0 Å². The molecule has 74 valence electrons. The van der Waals surface area contributed by atoms with Crippen molar-refractivity contribution >= 4 is 5.91 Å². The lowest BCUT2D eigenvalue weighted by Crippen LogP contribution is -2.27. The first-order valence-electron chi connectivity index (χ1n) is 5.22. The molecule has 13 heavy (non-hydrogen) atoms. The zero-order chi connectivity index (χ0) is 9.26. The van der Waals surface area contributed by atoms with Gasteiger partial charge in [0.2, 0.25) is 5.91 Å². The molecule has 2 aliphatic heterocycles. The number of hydrogen-bond donors (Lipinski definition) is 1. The topological polar surface area (TPSA) is 32.3 Å². The van der Waals surface area contributed by atoms with Crippen molar-refractivity contribution < 1.29 is 4.79 Å². The third-order valence-corrected chi connectivity index (χ3v) is 3.34. The van der Waals surface area contributed by atoms with Gasteiger partial charge in [-0.25, -0.2) is 0 Å². The van der Waals surface area contributed by atoms with Gasteiger partial charge < -0.3 is 10.2 Å². The van der Waals surface area contributed by atoms with Crippen molar-refractivity contribution in [2.45, 2.75) is 31.7 Å². The summed E-state index contributed by atoms with van der Waals surface area (Å²) in [4.78, 5) is 13.4. The lowest BCUT2D eigenvalue weighted by Gasteiger charge is -2.21. The molecule has 0 saturated carbocycles. The Morgan fingerprint density at radius 3 is 3.00 bits per heavy atom.